The molecule has 0 saturated heterocycles. The van der Waals surface area contributed by atoms with Gasteiger partial charge in [0.1, 0.15) is 0 Å². The smallest absolute Gasteiger partial charge is 0.326 e. The van der Waals surface area contributed by atoms with Crippen LogP contribution < -0.4 is 0 Å². The van der Waals surface area contributed by atoms with Gasteiger partial charge in [0.15, 0.2) is 0 Å². The van der Waals surface area contributed by atoms with E-state index in [1.165, 1.54) is 5.56 Å². The average molecular weight is 228 g/mol. The largest absolute Gasteiger partial charge is 0.347 e. The van der Waals surface area contributed by atoms with Gasteiger partial charge in [0.2, 0.25) is 0 Å². The molecule has 0 spiro atoms. The van der Waals surface area contributed by atoms with Gasteiger partial charge in [-0.3, -0.25) is 4.79 Å². The van der Waals surface area contributed by atoms with Gasteiger partial charge < -0.3 is 4.18 Å². The fraction of sp³-hybridized carbons (Fsp3) is 0.300. The predicted octanol–water partition coefficient (Wildman–Crippen LogP) is 0.861. The number of thiol groups is 1. The Morgan fingerprint density at radius 3 is 2.20 bits per heavy atom. The Kier molecular flexibility index (Phi) is 4.30. The molecule has 0 atom stereocenters. The van der Waals surface area contributed by atoms with Crippen LogP contribution in [0.1, 0.15) is 18.1 Å². The van der Waals surface area contributed by atoms with E-state index in [1.54, 1.807) is 12.1 Å². The van der Waals surface area contributed by atoms with Crippen LogP contribution in [-0.2, 0) is 32.8 Å². The van der Waals surface area contributed by atoms with E-state index in [0.29, 0.717) is 0 Å². The fourth-order valence-corrected chi connectivity index (χ4v) is 1.41. The zero-order valence-electron chi connectivity index (χ0n) is 8.30. The molecule has 0 aliphatic carbocycles. The Morgan fingerprint density at radius 2 is 1.73 bits per heavy atom. The number of rotatable bonds is 4. The van der Waals surface area contributed by atoms with Crippen LogP contribution in [-0.4, -0.2) is 14.4 Å². The highest BCUT2D eigenvalue weighted by molar-refractivity contribution is 7.67. The first kappa shape index (κ1) is 11.7. The molecule has 0 aromatic heterocycles. The first-order chi connectivity index (χ1) is 7.11. The quantitative estimate of drug-likeness (QED) is 0.776. The summed E-state index contributed by atoms with van der Waals surface area (Å²) < 4.78 is 24.2. The third-order valence-electron chi connectivity index (χ3n) is 1.96. The summed E-state index contributed by atoms with van der Waals surface area (Å²) >= 11 is 0. The molecule has 1 aromatic carbocycles. The first-order valence-electron chi connectivity index (χ1n) is 4.55. The van der Waals surface area contributed by atoms with Crippen molar-refractivity contribution < 1.29 is 17.4 Å². The lowest BCUT2D eigenvalue weighted by molar-refractivity contribution is -0.132. The Balaban J connectivity index is 2.61. The summed E-state index contributed by atoms with van der Waals surface area (Å²) in [6.45, 7) is 2.03. The maximum Gasteiger partial charge on any atom is 0.326 e. The molecule has 1 rings (SSSR count). The fourth-order valence-electron chi connectivity index (χ4n) is 1.17. The lowest BCUT2D eigenvalue weighted by Gasteiger charge is -2.00. The summed E-state index contributed by atoms with van der Waals surface area (Å²) in [5.41, 5.74) is 1.91. The molecule has 5 heteroatoms. The molecule has 0 aliphatic heterocycles. The van der Waals surface area contributed by atoms with Crippen LogP contribution in [0.3, 0.4) is 0 Å². The second kappa shape index (κ2) is 5.50. The Morgan fingerprint density at radius 1 is 1.20 bits per heavy atom. The first-order valence-corrected chi connectivity index (χ1v) is 5.64. The Hall–Kier alpha value is -1.36. The van der Waals surface area contributed by atoms with Crippen molar-refractivity contribution in [2.24, 2.45) is 0 Å². The van der Waals surface area contributed by atoms with Crippen molar-refractivity contribution in [1.82, 2.24) is 0 Å². The van der Waals surface area contributed by atoms with Crippen LogP contribution in [0, 0.1) is 0 Å². The summed E-state index contributed by atoms with van der Waals surface area (Å²) in [5.74, 6) is -0.754. The number of benzene rings is 1. The Bertz CT molecular complexity index is 398. The molecular formula is C10H12O4S. The second-order valence-corrected chi connectivity index (χ2v) is 3.66. The van der Waals surface area contributed by atoms with Crippen LogP contribution in [0.25, 0.3) is 0 Å². The number of hydrogen-bond donors (Lipinski definition) is 1. The van der Waals surface area contributed by atoms with Crippen LogP contribution in [0.15, 0.2) is 24.3 Å². The van der Waals surface area contributed by atoms with Crippen molar-refractivity contribution in [3.63, 3.8) is 0 Å². The minimum atomic E-state index is -3.09. The highest BCUT2D eigenvalue weighted by Crippen LogP contribution is 2.06. The SMILES string of the molecule is CCc1ccc(CC(=O)O[SH](=O)=O)cc1. The lowest BCUT2D eigenvalue weighted by atomic mass is 10.1. The molecule has 82 valence electrons. The lowest BCUT2D eigenvalue weighted by Crippen LogP contribution is -2.06. The molecule has 0 unspecified atom stereocenters. The van der Waals surface area contributed by atoms with Gasteiger partial charge in [-0.2, -0.15) is 8.42 Å². The van der Waals surface area contributed by atoms with Crippen LogP contribution in [0.2, 0.25) is 0 Å². The molecule has 0 fully saturated rings. The van der Waals surface area contributed by atoms with Gasteiger partial charge in [-0.05, 0) is 17.5 Å². The van der Waals surface area contributed by atoms with E-state index in [9.17, 15) is 13.2 Å². The monoisotopic (exact) mass is 228 g/mol. The number of hydrogen-bond acceptors (Lipinski definition) is 4. The third kappa shape index (κ3) is 4.12. The number of aryl methyl sites for hydroxylation is 1. The summed E-state index contributed by atoms with van der Waals surface area (Å²) in [7, 11) is -3.09. The number of carbonyl (C=O) groups is 1. The van der Waals surface area contributed by atoms with Crippen molar-refractivity contribution in [2.75, 3.05) is 0 Å². The second-order valence-electron chi connectivity index (χ2n) is 3.03. The van der Waals surface area contributed by atoms with E-state index in [0.717, 1.165) is 12.0 Å². The van der Waals surface area contributed by atoms with E-state index in [4.69, 9.17) is 0 Å². The van der Waals surface area contributed by atoms with Crippen LogP contribution >= 0.6 is 0 Å². The third-order valence-corrected chi connectivity index (χ3v) is 2.31. The predicted molar refractivity (Wildman–Crippen MR) is 55.9 cm³/mol. The zero-order chi connectivity index (χ0) is 11.3. The summed E-state index contributed by atoms with van der Waals surface area (Å²) in [6, 6.07) is 7.38. The summed E-state index contributed by atoms with van der Waals surface area (Å²) in [6.07, 6.45) is 0.907. The van der Waals surface area contributed by atoms with E-state index < -0.39 is 17.0 Å². The molecule has 0 radical (unpaired) electrons. The number of carbonyl (C=O) groups excluding carboxylic acids is 1. The molecule has 1 aromatic rings. The van der Waals surface area contributed by atoms with E-state index in [-0.39, 0.29) is 6.42 Å². The van der Waals surface area contributed by atoms with E-state index >= 15 is 0 Å². The van der Waals surface area contributed by atoms with Gasteiger partial charge in [0, 0.05) is 0 Å². The summed E-state index contributed by atoms with van der Waals surface area (Å²) in [5, 5.41) is 0. The van der Waals surface area contributed by atoms with Crippen molar-refractivity contribution in [1.29, 1.82) is 0 Å². The summed E-state index contributed by atoms with van der Waals surface area (Å²) in [4.78, 5) is 11.0. The van der Waals surface area contributed by atoms with Gasteiger partial charge >= 0.3 is 17.0 Å². The van der Waals surface area contributed by atoms with Crippen molar-refractivity contribution in [3.8, 4) is 0 Å². The van der Waals surface area contributed by atoms with Gasteiger partial charge in [0.05, 0.1) is 6.42 Å². The average Bonchev–Trinajstić information content (AvgIpc) is 2.17. The van der Waals surface area contributed by atoms with Crippen LogP contribution in [0.4, 0.5) is 0 Å². The van der Waals surface area contributed by atoms with E-state index in [2.05, 4.69) is 4.18 Å². The van der Waals surface area contributed by atoms with Gasteiger partial charge in [0.25, 0.3) is 0 Å². The Labute approximate surface area is 90.0 Å². The van der Waals surface area contributed by atoms with Crippen LogP contribution in [0.5, 0.6) is 0 Å². The zero-order valence-corrected chi connectivity index (χ0v) is 9.20. The van der Waals surface area contributed by atoms with E-state index in [1.807, 2.05) is 19.1 Å². The van der Waals surface area contributed by atoms with Gasteiger partial charge in [-0.25, -0.2) is 0 Å². The molecule has 0 aliphatic rings. The van der Waals surface area contributed by atoms with Crippen molar-refractivity contribution in [3.05, 3.63) is 35.4 Å². The molecule has 0 heterocycles. The normalized spacial score (nSPS) is 10.3. The van der Waals surface area contributed by atoms with Crippen molar-refractivity contribution in [2.45, 2.75) is 19.8 Å². The molecule has 4 nitrogen and oxygen atoms in total. The molecular weight excluding hydrogens is 216 g/mol. The maximum absolute atomic E-state index is 11.0. The maximum atomic E-state index is 11.0. The highest BCUT2D eigenvalue weighted by Gasteiger charge is 2.05. The molecule has 0 bridgehead atoms. The standard InChI is InChI=1S/C10H12O4S/c1-2-8-3-5-9(6-4-8)7-10(11)14-15(12)13/h3-6,15H,2,7H2,1H3. The van der Waals surface area contributed by atoms with Gasteiger partial charge in [-0.15, -0.1) is 0 Å². The molecule has 0 saturated carbocycles. The van der Waals surface area contributed by atoms with Gasteiger partial charge in [-0.1, -0.05) is 31.2 Å². The minimum absolute atomic E-state index is 0.0205. The topological polar surface area (TPSA) is 60.4 Å². The van der Waals surface area contributed by atoms with Crippen molar-refractivity contribution >= 4 is 17.0 Å². The molecule has 0 N–H and O–H groups in total. The highest BCUT2D eigenvalue weighted by atomic mass is 32.2. The minimum Gasteiger partial charge on any atom is -0.347 e. The molecule has 15 heavy (non-hydrogen) atoms. The molecule has 0 amide bonds.